The van der Waals surface area contributed by atoms with Crippen molar-refractivity contribution in [3.8, 4) is 0 Å². The van der Waals surface area contributed by atoms with Crippen LogP contribution in [-0.4, -0.2) is 11.7 Å². The highest BCUT2D eigenvalue weighted by atomic mass is 16.7. The fraction of sp³-hybridized carbons (Fsp3) is 0.733. The Bertz CT molecular complexity index is 419. The molecule has 2 aliphatic rings. The van der Waals surface area contributed by atoms with Crippen LogP contribution in [0.4, 0.5) is 0 Å². The molecule has 3 rings (SSSR count). The Balaban J connectivity index is 1.91. The molecule has 2 heterocycles. The van der Waals surface area contributed by atoms with Crippen molar-refractivity contribution in [2.45, 2.75) is 58.5 Å². The van der Waals surface area contributed by atoms with Crippen molar-refractivity contribution in [3.63, 3.8) is 0 Å². The lowest BCUT2D eigenvalue weighted by molar-refractivity contribution is -0.315. The Labute approximate surface area is 108 Å². The topological polar surface area (TPSA) is 31.6 Å². The van der Waals surface area contributed by atoms with Gasteiger partial charge in [0.15, 0.2) is 5.76 Å². The van der Waals surface area contributed by atoms with Crippen LogP contribution in [0.3, 0.4) is 0 Å². The average molecular weight is 250 g/mol. The maximum absolute atomic E-state index is 6.19. The van der Waals surface area contributed by atoms with Gasteiger partial charge in [-0.1, -0.05) is 13.8 Å². The van der Waals surface area contributed by atoms with Crippen molar-refractivity contribution in [1.29, 1.82) is 0 Å². The van der Waals surface area contributed by atoms with Crippen molar-refractivity contribution in [3.05, 3.63) is 24.2 Å². The van der Waals surface area contributed by atoms with E-state index in [-0.39, 0.29) is 23.4 Å². The third kappa shape index (κ3) is 1.81. The number of hydrogen-bond acceptors (Lipinski definition) is 3. The zero-order valence-electron chi connectivity index (χ0n) is 11.6. The van der Waals surface area contributed by atoms with Gasteiger partial charge >= 0.3 is 0 Å². The van der Waals surface area contributed by atoms with Crippen LogP contribution in [0.5, 0.6) is 0 Å². The third-order valence-electron chi connectivity index (χ3n) is 4.58. The van der Waals surface area contributed by atoms with Gasteiger partial charge in [-0.05, 0) is 44.2 Å². The Morgan fingerprint density at radius 1 is 1.22 bits per heavy atom. The van der Waals surface area contributed by atoms with E-state index in [1.165, 1.54) is 12.8 Å². The minimum absolute atomic E-state index is 0.159. The summed E-state index contributed by atoms with van der Waals surface area (Å²) in [5, 5.41) is 0. The molecule has 3 nitrogen and oxygen atoms in total. The van der Waals surface area contributed by atoms with Gasteiger partial charge in [-0.3, -0.25) is 0 Å². The van der Waals surface area contributed by atoms with Gasteiger partial charge in [0.25, 0.3) is 0 Å². The average Bonchev–Trinajstić information content (AvgIpc) is 2.86. The Morgan fingerprint density at radius 2 is 2.00 bits per heavy atom. The van der Waals surface area contributed by atoms with E-state index in [1.807, 2.05) is 12.1 Å². The highest BCUT2D eigenvalue weighted by molar-refractivity contribution is 5.06. The number of rotatable bonds is 1. The SMILES string of the molecule is CC1(C)CC[C@H]2[C@H]1O[C@H](c1ccco1)OC2(C)C. The van der Waals surface area contributed by atoms with Gasteiger partial charge in [-0.2, -0.15) is 0 Å². The van der Waals surface area contributed by atoms with E-state index in [1.54, 1.807) is 6.26 Å². The van der Waals surface area contributed by atoms with Crippen LogP contribution in [0.15, 0.2) is 22.8 Å². The first kappa shape index (κ1) is 12.2. The second-order valence-electron chi connectivity index (χ2n) is 6.76. The quantitative estimate of drug-likeness (QED) is 0.757. The molecule has 3 heteroatoms. The molecule has 1 aromatic heterocycles. The normalized spacial score (nSPS) is 37.4. The standard InChI is InChI=1S/C15H22O3/c1-14(2)8-7-10-12(14)17-13(18-15(10,3)4)11-6-5-9-16-11/h5-6,9-10,12-13H,7-8H2,1-4H3/t10-,12+,13-/m0/s1. The summed E-state index contributed by atoms with van der Waals surface area (Å²) in [4.78, 5) is 0. The summed E-state index contributed by atoms with van der Waals surface area (Å²) >= 11 is 0. The van der Waals surface area contributed by atoms with E-state index >= 15 is 0 Å². The number of fused-ring (bicyclic) bond motifs is 1. The van der Waals surface area contributed by atoms with Crippen molar-refractivity contribution in [2.24, 2.45) is 11.3 Å². The molecule has 0 N–H and O–H groups in total. The molecule has 3 atom stereocenters. The fourth-order valence-corrected chi connectivity index (χ4v) is 3.43. The Kier molecular flexibility index (Phi) is 2.62. The molecular formula is C15H22O3. The molecule has 100 valence electrons. The summed E-state index contributed by atoms with van der Waals surface area (Å²) in [5.41, 5.74) is 0.0602. The van der Waals surface area contributed by atoms with Crippen LogP contribution in [0, 0.1) is 11.3 Å². The molecular weight excluding hydrogens is 228 g/mol. The molecule has 0 radical (unpaired) electrons. The van der Waals surface area contributed by atoms with Crippen molar-refractivity contribution < 1.29 is 13.9 Å². The predicted molar refractivity (Wildman–Crippen MR) is 68.0 cm³/mol. The first-order valence-electron chi connectivity index (χ1n) is 6.77. The van der Waals surface area contributed by atoms with Gasteiger partial charge in [-0.25, -0.2) is 0 Å². The van der Waals surface area contributed by atoms with Crippen molar-refractivity contribution in [2.75, 3.05) is 0 Å². The van der Waals surface area contributed by atoms with Gasteiger partial charge in [0, 0.05) is 5.92 Å². The van der Waals surface area contributed by atoms with Gasteiger partial charge in [0.05, 0.1) is 18.0 Å². The third-order valence-corrected chi connectivity index (χ3v) is 4.58. The summed E-state index contributed by atoms with van der Waals surface area (Å²) in [6.07, 6.45) is 3.92. The van der Waals surface area contributed by atoms with Crippen LogP contribution in [-0.2, 0) is 9.47 Å². The minimum Gasteiger partial charge on any atom is -0.464 e. The second-order valence-corrected chi connectivity index (χ2v) is 6.76. The first-order valence-corrected chi connectivity index (χ1v) is 6.77. The largest absolute Gasteiger partial charge is 0.464 e. The van der Waals surface area contributed by atoms with Crippen LogP contribution in [0.2, 0.25) is 0 Å². The zero-order valence-corrected chi connectivity index (χ0v) is 11.6. The highest BCUT2D eigenvalue weighted by Crippen LogP contribution is 2.53. The van der Waals surface area contributed by atoms with Gasteiger partial charge in [-0.15, -0.1) is 0 Å². The van der Waals surface area contributed by atoms with Crippen LogP contribution < -0.4 is 0 Å². The molecule has 1 saturated heterocycles. The van der Waals surface area contributed by atoms with Crippen LogP contribution in [0.1, 0.15) is 52.6 Å². The van der Waals surface area contributed by atoms with Gasteiger partial charge in [0.2, 0.25) is 6.29 Å². The summed E-state index contributed by atoms with van der Waals surface area (Å²) in [7, 11) is 0. The Hall–Kier alpha value is -0.800. The summed E-state index contributed by atoms with van der Waals surface area (Å²) in [6.45, 7) is 8.92. The van der Waals surface area contributed by atoms with Gasteiger partial charge < -0.3 is 13.9 Å². The number of ether oxygens (including phenoxy) is 2. The maximum Gasteiger partial charge on any atom is 0.218 e. The molecule has 0 bridgehead atoms. The van der Waals surface area contributed by atoms with E-state index in [0.29, 0.717) is 5.92 Å². The molecule has 2 fully saturated rings. The zero-order chi connectivity index (χ0) is 13.0. The lowest BCUT2D eigenvalue weighted by atomic mass is 9.80. The smallest absolute Gasteiger partial charge is 0.218 e. The molecule has 0 spiro atoms. The minimum atomic E-state index is -0.367. The van der Waals surface area contributed by atoms with E-state index in [0.717, 1.165) is 5.76 Å². The lowest BCUT2D eigenvalue weighted by Gasteiger charge is -2.46. The maximum atomic E-state index is 6.19. The Morgan fingerprint density at radius 3 is 2.67 bits per heavy atom. The van der Waals surface area contributed by atoms with E-state index in [4.69, 9.17) is 13.9 Å². The van der Waals surface area contributed by atoms with E-state index in [9.17, 15) is 0 Å². The molecule has 18 heavy (non-hydrogen) atoms. The fourth-order valence-electron chi connectivity index (χ4n) is 3.43. The van der Waals surface area contributed by atoms with Crippen molar-refractivity contribution in [1.82, 2.24) is 0 Å². The number of hydrogen-bond donors (Lipinski definition) is 0. The van der Waals surface area contributed by atoms with Crippen LogP contribution in [0.25, 0.3) is 0 Å². The molecule has 0 unspecified atom stereocenters. The molecule has 1 saturated carbocycles. The molecule has 1 aliphatic carbocycles. The highest BCUT2D eigenvalue weighted by Gasteiger charge is 2.54. The van der Waals surface area contributed by atoms with Crippen molar-refractivity contribution >= 4 is 0 Å². The lowest BCUT2D eigenvalue weighted by Crippen LogP contribution is -2.50. The van der Waals surface area contributed by atoms with E-state index < -0.39 is 0 Å². The molecule has 1 aliphatic heterocycles. The summed E-state index contributed by atoms with van der Waals surface area (Å²) in [5.74, 6) is 1.24. The molecule has 0 amide bonds. The molecule has 1 aromatic rings. The van der Waals surface area contributed by atoms with Crippen LogP contribution >= 0.6 is 0 Å². The predicted octanol–water partition coefficient (Wildman–Crippen LogP) is 3.91. The number of furan rings is 1. The van der Waals surface area contributed by atoms with Gasteiger partial charge in [0.1, 0.15) is 0 Å². The summed E-state index contributed by atoms with van der Waals surface area (Å²) < 4.78 is 17.7. The van der Waals surface area contributed by atoms with E-state index in [2.05, 4.69) is 27.7 Å². The first-order chi connectivity index (χ1) is 8.40. The monoisotopic (exact) mass is 250 g/mol. The summed E-state index contributed by atoms with van der Waals surface area (Å²) in [6, 6.07) is 3.80. The second kappa shape index (κ2) is 3.84. The molecule has 0 aromatic carbocycles.